The van der Waals surface area contributed by atoms with Gasteiger partial charge in [-0.3, -0.25) is 0 Å². The van der Waals surface area contributed by atoms with Gasteiger partial charge in [-0.05, 0) is 24.3 Å². The van der Waals surface area contributed by atoms with E-state index in [9.17, 15) is 15.3 Å². The van der Waals surface area contributed by atoms with E-state index < -0.39 is 6.83 Å². The zero-order chi connectivity index (χ0) is 44.5. The van der Waals surface area contributed by atoms with E-state index in [0.717, 1.165) is 63.8 Å². The number of hydrogen-bond acceptors (Lipinski definition) is 4. The molecule has 0 aliphatic carbocycles. The molecule has 65 heavy (non-hydrogen) atoms. The average Bonchev–Trinajstić information content (AvgIpc) is 3.33. The van der Waals surface area contributed by atoms with Crippen LogP contribution in [0, 0.1) is 0 Å². The zero-order valence-corrected chi connectivity index (χ0v) is 37.2. The maximum Gasteiger partial charge on any atom is -0.0199 e. The maximum atomic E-state index is 10.4. The number of hydrogen-bond donors (Lipinski definition) is 3. The average molecular weight is 869 g/mol. The van der Waals surface area contributed by atoms with Gasteiger partial charge < -0.3 is 10.2 Å². The van der Waals surface area contributed by atoms with Crippen LogP contribution >= 0.6 is 6.83 Å². The Morgan fingerprint density at radius 1 is 0.277 bits per heavy atom. The molecule has 0 bridgehead atoms. The van der Waals surface area contributed by atoms with Crippen molar-refractivity contribution in [1.82, 2.24) is 0 Å². The van der Waals surface area contributed by atoms with Crippen LogP contribution in [0.5, 0.6) is 23.0 Å². The van der Waals surface area contributed by atoms with E-state index in [1.165, 1.54) is 22.3 Å². The van der Waals surface area contributed by atoms with Crippen molar-refractivity contribution in [2.24, 2.45) is 0 Å². The third kappa shape index (κ3) is 10.2. The minimum atomic E-state index is -3.40. The molecule has 3 N–H and O–H groups in total. The predicted molar refractivity (Wildman–Crippen MR) is 267 cm³/mol. The molecule has 1 atom stereocenters. The molecular weight excluding hydrogens is 816 g/mol. The summed E-state index contributed by atoms with van der Waals surface area (Å²) < 4.78 is 7.97. The van der Waals surface area contributed by atoms with Crippen molar-refractivity contribution in [3.05, 3.63) is 298 Å². The van der Waals surface area contributed by atoms with Crippen molar-refractivity contribution < 1.29 is 19.8 Å². The smallest absolute Gasteiger partial charge is 0.0199 e. The van der Waals surface area contributed by atoms with Gasteiger partial charge >= 0.3 is 314 Å². The number of aromatic hydroxyl groups is 3. The molecule has 1 unspecified atom stereocenters. The van der Waals surface area contributed by atoms with Gasteiger partial charge in [-0.2, -0.15) is 0 Å². The van der Waals surface area contributed by atoms with E-state index in [1.54, 1.807) is 36.4 Å². The van der Waals surface area contributed by atoms with Crippen LogP contribution in [0.15, 0.2) is 243 Å². The van der Waals surface area contributed by atoms with Crippen LogP contribution in [0.3, 0.4) is 0 Å². The molecule has 4 nitrogen and oxygen atoms in total. The summed E-state index contributed by atoms with van der Waals surface area (Å²) in [6, 6.07) is 83.1. The number of benzene rings is 9. The Morgan fingerprint density at radius 2 is 0.492 bits per heavy atom. The summed E-state index contributed by atoms with van der Waals surface area (Å²) in [5.41, 5.74) is 11.4. The molecular formula is C60H53O4P. The van der Waals surface area contributed by atoms with Gasteiger partial charge in [0.2, 0.25) is 0 Å². The summed E-state index contributed by atoms with van der Waals surface area (Å²) in [5.74, 6) is 1.22. The Bertz CT molecular complexity index is 2660. The second kappa shape index (κ2) is 19.2. The fourth-order valence-corrected chi connectivity index (χ4v) is 15.9. The van der Waals surface area contributed by atoms with Gasteiger partial charge in [-0.25, -0.2) is 0 Å². The van der Waals surface area contributed by atoms with E-state index in [1.807, 2.05) is 36.4 Å². The minimum Gasteiger partial charge on any atom is -0.0544 e. The van der Waals surface area contributed by atoms with E-state index >= 15 is 0 Å². The first-order valence-corrected chi connectivity index (χ1v) is 25.1. The summed E-state index contributed by atoms with van der Waals surface area (Å²) in [5, 5.41) is 30.6. The Hall–Kier alpha value is -7.39. The summed E-state index contributed by atoms with van der Waals surface area (Å²) in [6.07, 6.45) is 3.19. The van der Waals surface area contributed by atoms with Crippen LogP contribution in [0.2, 0.25) is 0 Å². The quantitative estimate of drug-likeness (QED) is 0.0668. The van der Waals surface area contributed by atoms with E-state index in [4.69, 9.17) is 4.52 Å². The molecule has 322 valence electrons. The fraction of sp³-hybridized carbons (Fsp3) is 0.100. The first-order chi connectivity index (χ1) is 31.8. The molecule has 0 aromatic heterocycles. The molecule has 9 aromatic rings. The van der Waals surface area contributed by atoms with Crippen LogP contribution in [0.4, 0.5) is 0 Å². The van der Waals surface area contributed by atoms with Crippen LogP contribution < -0.4 is 4.52 Å². The summed E-state index contributed by atoms with van der Waals surface area (Å²) >= 11 is 0. The molecule has 0 fully saturated rings. The summed E-state index contributed by atoms with van der Waals surface area (Å²) in [7, 11) is 0. The van der Waals surface area contributed by atoms with E-state index in [2.05, 4.69) is 170 Å². The minimum absolute atomic E-state index is 0.121. The SMILES string of the molecule is Oc1ccc(C(c2ccc(O)cc2)c2ccc(C(c3ccc(O)cc3)c3ccc(OP(Cc4ccccc4)(Cc4ccccc4)(Cc4ccccc4)Cc4ccccc4)cc3)cc2)cc1. The Balaban J connectivity index is 1.14. The monoisotopic (exact) mass is 868 g/mol. The maximum absolute atomic E-state index is 10.4. The van der Waals surface area contributed by atoms with Gasteiger partial charge in [0.1, 0.15) is 11.5 Å². The summed E-state index contributed by atoms with van der Waals surface area (Å²) in [6.45, 7) is -3.40. The van der Waals surface area contributed by atoms with Crippen molar-refractivity contribution in [2.45, 2.75) is 36.5 Å². The Labute approximate surface area is 382 Å². The van der Waals surface area contributed by atoms with Crippen LogP contribution in [0.25, 0.3) is 0 Å². The van der Waals surface area contributed by atoms with Crippen LogP contribution in [0.1, 0.15) is 67.5 Å². The van der Waals surface area contributed by atoms with E-state index in [-0.39, 0.29) is 29.1 Å². The number of phenols is 3. The Kier molecular flexibility index (Phi) is 12.6. The van der Waals surface area contributed by atoms with Gasteiger partial charge in [0.15, 0.2) is 0 Å². The topological polar surface area (TPSA) is 69.9 Å². The molecule has 0 aliphatic heterocycles. The first-order valence-electron chi connectivity index (χ1n) is 22.2. The van der Waals surface area contributed by atoms with E-state index in [0.29, 0.717) is 0 Å². The molecule has 0 aliphatic rings. The largest absolute Gasteiger partial charge is 0.0544 e. The van der Waals surface area contributed by atoms with Gasteiger partial charge in [0.25, 0.3) is 0 Å². The molecule has 0 saturated heterocycles. The number of phenolic OH excluding ortho intramolecular Hbond substituents is 3. The third-order valence-corrected chi connectivity index (χ3v) is 17.9. The first kappa shape index (κ1) is 42.9. The molecule has 5 heteroatoms. The van der Waals surface area contributed by atoms with Crippen molar-refractivity contribution >= 4 is 6.83 Å². The fourth-order valence-electron chi connectivity index (χ4n) is 9.70. The zero-order valence-electron chi connectivity index (χ0n) is 36.3. The van der Waals surface area contributed by atoms with Gasteiger partial charge in [0, 0.05) is 0 Å². The molecule has 9 rings (SSSR count). The normalized spacial score (nSPS) is 12.5. The van der Waals surface area contributed by atoms with Gasteiger partial charge in [0.05, 0.1) is 0 Å². The number of rotatable bonds is 16. The van der Waals surface area contributed by atoms with Gasteiger partial charge in [-0.1, -0.05) is 24.3 Å². The Morgan fingerprint density at radius 3 is 0.738 bits per heavy atom. The van der Waals surface area contributed by atoms with Crippen molar-refractivity contribution in [3.63, 3.8) is 0 Å². The molecule has 0 heterocycles. The molecule has 0 saturated carbocycles. The second-order valence-corrected chi connectivity index (χ2v) is 22.6. The van der Waals surface area contributed by atoms with Crippen molar-refractivity contribution in [3.8, 4) is 23.0 Å². The van der Waals surface area contributed by atoms with Crippen molar-refractivity contribution in [2.75, 3.05) is 0 Å². The third-order valence-electron chi connectivity index (χ3n) is 12.6. The summed E-state index contributed by atoms with van der Waals surface area (Å²) in [4.78, 5) is 0. The standard InChI is InChI=1S/C60H53O4P/c61-55-33-25-51(26-34-55)59(52-27-35-56(62)36-28-52)49-21-23-50(24-22-49)60(53-29-37-57(63)38-30-53)54-31-39-58(40-32-54)64-65(41-45-13-5-1-6-14-45,42-46-15-7-2-8-16-46,43-47-17-9-3-10-18-47)44-48-19-11-4-12-20-48/h1-40,59-63H,41-44H2. The van der Waals surface area contributed by atoms with Gasteiger partial charge in [-0.15, -0.1) is 0 Å². The molecule has 9 aromatic carbocycles. The van der Waals surface area contributed by atoms with Crippen molar-refractivity contribution in [1.29, 1.82) is 0 Å². The van der Waals surface area contributed by atoms with Crippen LogP contribution in [-0.4, -0.2) is 15.3 Å². The second-order valence-electron chi connectivity index (χ2n) is 17.4. The molecule has 0 radical (unpaired) electrons. The molecule has 0 spiro atoms. The van der Waals surface area contributed by atoms with Crippen LogP contribution in [-0.2, 0) is 24.6 Å². The predicted octanol–water partition coefficient (Wildman–Crippen LogP) is 14.8. The molecule has 0 amide bonds.